The number of carbonyl (C=O) groups excluding carboxylic acids is 1. The third-order valence-corrected chi connectivity index (χ3v) is 3.51. The maximum Gasteiger partial charge on any atom is 0.327 e. The van der Waals surface area contributed by atoms with Crippen molar-refractivity contribution in [1.82, 2.24) is 5.32 Å². The second-order valence-corrected chi connectivity index (χ2v) is 4.92. The molecule has 0 radical (unpaired) electrons. The summed E-state index contributed by atoms with van der Waals surface area (Å²) in [6.45, 7) is 2.73. The van der Waals surface area contributed by atoms with Crippen molar-refractivity contribution in [2.24, 2.45) is 0 Å². The van der Waals surface area contributed by atoms with E-state index in [1.165, 1.54) is 12.7 Å². The fourth-order valence-corrected chi connectivity index (χ4v) is 2.22. The van der Waals surface area contributed by atoms with Gasteiger partial charge in [0.05, 0.1) is 7.11 Å². The first kappa shape index (κ1) is 15.3. The molecular weight excluding hydrogens is 262 g/mol. The third-order valence-electron chi connectivity index (χ3n) is 3.51. The zero-order chi connectivity index (χ0) is 15.1. The summed E-state index contributed by atoms with van der Waals surface area (Å²) in [5.74, 6) is -0.268. The van der Waals surface area contributed by atoms with Crippen molar-refractivity contribution < 1.29 is 9.53 Å². The summed E-state index contributed by atoms with van der Waals surface area (Å²) in [5.41, 5.74) is 3.32. The van der Waals surface area contributed by atoms with Crippen molar-refractivity contribution >= 4 is 5.97 Å². The van der Waals surface area contributed by atoms with Crippen LogP contribution in [-0.4, -0.2) is 13.1 Å². The number of benzene rings is 2. The molecule has 2 aromatic carbocycles. The molecule has 0 saturated carbocycles. The van der Waals surface area contributed by atoms with Gasteiger partial charge in [-0.2, -0.15) is 0 Å². The number of carbonyl (C=O) groups is 1. The number of hydrogen-bond acceptors (Lipinski definition) is 3. The zero-order valence-electron chi connectivity index (χ0n) is 12.5. The fourth-order valence-electron chi connectivity index (χ4n) is 2.22. The van der Waals surface area contributed by atoms with Crippen LogP contribution < -0.4 is 5.32 Å². The molecule has 0 saturated heterocycles. The van der Waals surface area contributed by atoms with Crippen LogP contribution in [0.15, 0.2) is 54.6 Å². The first-order valence-corrected chi connectivity index (χ1v) is 7.18. The second kappa shape index (κ2) is 7.60. The minimum Gasteiger partial charge on any atom is -0.468 e. The number of hydrogen-bond donors (Lipinski definition) is 1. The molecule has 1 N–H and O–H groups in total. The Bertz CT molecular complexity index is 564. The Kier molecular flexibility index (Phi) is 5.52. The Morgan fingerprint density at radius 3 is 2.29 bits per heavy atom. The topological polar surface area (TPSA) is 38.3 Å². The van der Waals surface area contributed by atoms with Crippen LogP contribution in [0.1, 0.15) is 29.7 Å². The van der Waals surface area contributed by atoms with E-state index in [0.717, 1.165) is 17.5 Å². The smallest absolute Gasteiger partial charge is 0.327 e. The third kappa shape index (κ3) is 4.17. The number of aryl methyl sites for hydroxylation is 1. The summed E-state index contributed by atoms with van der Waals surface area (Å²) in [4.78, 5) is 12.0. The Morgan fingerprint density at radius 1 is 1.05 bits per heavy atom. The van der Waals surface area contributed by atoms with Crippen LogP contribution >= 0.6 is 0 Å². The van der Waals surface area contributed by atoms with Crippen LogP contribution in [0, 0.1) is 0 Å². The van der Waals surface area contributed by atoms with E-state index in [1.54, 1.807) is 0 Å². The number of methoxy groups -OCH3 is 1. The summed E-state index contributed by atoms with van der Waals surface area (Å²) in [5, 5.41) is 3.27. The predicted octanol–water partition coefficient (Wildman–Crippen LogP) is 3.25. The van der Waals surface area contributed by atoms with E-state index in [0.29, 0.717) is 6.54 Å². The van der Waals surface area contributed by atoms with Crippen LogP contribution in [0.2, 0.25) is 0 Å². The summed E-state index contributed by atoms with van der Waals surface area (Å²) in [6, 6.07) is 17.6. The molecular formula is C18H21NO2. The van der Waals surface area contributed by atoms with Crippen molar-refractivity contribution in [3.63, 3.8) is 0 Å². The normalized spacial score (nSPS) is 11.9. The van der Waals surface area contributed by atoms with E-state index < -0.39 is 6.04 Å². The lowest BCUT2D eigenvalue weighted by Gasteiger charge is -2.17. The van der Waals surface area contributed by atoms with Crippen molar-refractivity contribution in [1.29, 1.82) is 0 Å². The number of rotatable bonds is 6. The molecule has 3 heteroatoms. The molecule has 110 valence electrons. The van der Waals surface area contributed by atoms with Gasteiger partial charge in [-0.05, 0) is 23.1 Å². The molecule has 2 aromatic rings. The Labute approximate surface area is 126 Å². The highest BCUT2D eigenvalue weighted by atomic mass is 16.5. The lowest BCUT2D eigenvalue weighted by Crippen LogP contribution is -2.29. The van der Waals surface area contributed by atoms with Gasteiger partial charge in [-0.1, -0.05) is 61.5 Å². The van der Waals surface area contributed by atoms with E-state index >= 15 is 0 Å². The number of esters is 1. The quantitative estimate of drug-likeness (QED) is 0.827. The highest BCUT2D eigenvalue weighted by molar-refractivity contribution is 5.77. The molecule has 0 amide bonds. The summed E-state index contributed by atoms with van der Waals surface area (Å²) in [7, 11) is 1.42. The van der Waals surface area contributed by atoms with Crippen molar-refractivity contribution in [3.8, 4) is 0 Å². The predicted molar refractivity (Wildman–Crippen MR) is 83.9 cm³/mol. The van der Waals surface area contributed by atoms with Crippen LogP contribution in [0.25, 0.3) is 0 Å². The van der Waals surface area contributed by atoms with Gasteiger partial charge in [-0.25, -0.2) is 4.79 Å². The van der Waals surface area contributed by atoms with Crippen LogP contribution in [0.5, 0.6) is 0 Å². The molecule has 1 atom stereocenters. The molecule has 0 heterocycles. The Hall–Kier alpha value is -2.13. The average Bonchev–Trinajstić information content (AvgIpc) is 2.56. The molecule has 0 aliphatic carbocycles. The van der Waals surface area contributed by atoms with Gasteiger partial charge in [0.15, 0.2) is 0 Å². The monoisotopic (exact) mass is 283 g/mol. The number of ether oxygens (including phenoxy) is 1. The van der Waals surface area contributed by atoms with Gasteiger partial charge in [-0.15, -0.1) is 0 Å². The zero-order valence-corrected chi connectivity index (χ0v) is 12.5. The molecule has 1 unspecified atom stereocenters. The fraction of sp³-hybridized carbons (Fsp3) is 0.278. The van der Waals surface area contributed by atoms with E-state index in [2.05, 4.69) is 24.4 Å². The van der Waals surface area contributed by atoms with Gasteiger partial charge < -0.3 is 4.74 Å². The number of nitrogens with one attached hydrogen (secondary N) is 1. The van der Waals surface area contributed by atoms with E-state index in [-0.39, 0.29) is 5.97 Å². The first-order chi connectivity index (χ1) is 10.2. The van der Waals surface area contributed by atoms with Crippen LogP contribution in [0.3, 0.4) is 0 Å². The maximum atomic E-state index is 12.0. The van der Waals surface area contributed by atoms with E-state index in [4.69, 9.17) is 4.74 Å². The highest BCUT2D eigenvalue weighted by Crippen LogP contribution is 2.17. The molecule has 0 bridgehead atoms. The minimum atomic E-state index is -0.443. The molecule has 2 rings (SSSR count). The van der Waals surface area contributed by atoms with Crippen molar-refractivity contribution in [2.45, 2.75) is 25.9 Å². The van der Waals surface area contributed by atoms with Gasteiger partial charge in [-0.3, -0.25) is 5.32 Å². The molecule has 0 aliphatic heterocycles. The van der Waals surface area contributed by atoms with Crippen LogP contribution in [-0.2, 0) is 22.5 Å². The van der Waals surface area contributed by atoms with Crippen molar-refractivity contribution in [3.05, 3.63) is 71.3 Å². The molecule has 0 spiro atoms. The lowest BCUT2D eigenvalue weighted by atomic mass is 10.0. The summed E-state index contributed by atoms with van der Waals surface area (Å²) < 4.78 is 4.91. The molecule has 0 aliphatic rings. The van der Waals surface area contributed by atoms with Gasteiger partial charge in [0.2, 0.25) is 0 Å². The van der Waals surface area contributed by atoms with E-state index in [1.807, 2.05) is 42.5 Å². The molecule has 0 fully saturated rings. The molecule has 0 aromatic heterocycles. The van der Waals surface area contributed by atoms with Gasteiger partial charge in [0.25, 0.3) is 0 Å². The van der Waals surface area contributed by atoms with E-state index in [9.17, 15) is 4.79 Å². The lowest BCUT2D eigenvalue weighted by molar-refractivity contribution is -0.143. The van der Waals surface area contributed by atoms with Gasteiger partial charge in [0.1, 0.15) is 6.04 Å². The van der Waals surface area contributed by atoms with Gasteiger partial charge in [0, 0.05) is 6.54 Å². The van der Waals surface area contributed by atoms with Gasteiger partial charge >= 0.3 is 5.97 Å². The SMILES string of the molecule is CCc1ccc(C(NCc2ccccc2)C(=O)OC)cc1. The minimum absolute atomic E-state index is 0.268. The Balaban J connectivity index is 2.12. The highest BCUT2D eigenvalue weighted by Gasteiger charge is 2.20. The standard InChI is InChI=1S/C18H21NO2/c1-3-14-9-11-16(12-10-14)17(18(20)21-2)19-13-15-7-5-4-6-8-15/h4-12,17,19H,3,13H2,1-2H3. The largest absolute Gasteiger partial charge is 0.468 e. The molecule has 21 heavy (non-hydrogen) atoms. The second-order valence-electron chi connectivity index (χ2n) is 4.92. The first-order valence-electron chi connectivity index (χ1n) is 7.18. The maximum absolute atomic E-state index is 12.0. The van der Waals surface area contributed by atoms with Crippen molar-refractivity contribution in [2.75, 3.05) is 7.11 Å². The average molecular weight is 283 g/mol. The van der Waals surface area contributed by atoms with Crippen LogP contribution in [0.4, 0.5) is 0 Å². The Morgan fingerprint density at radius 2 is 1.71 bits per heavy atom. The summed E-state index contributed by atoms with van der Waals surface area (Å²) in [6.07, 6.45) is 0.987. The summed E-state index contributed by atoms with van der Waals surface area (Å²) >= 11 is 0. The molecule has 3 nitrogen and oxygen atoms in total.